The third-order valence-corrected chi connectivity index (χ3v) is 4.78. The second-order valence-electron chi connectivity index (χ2n) is 4.60. The lowest BCUT2D eigenvalue weighted by Gasteiger charge is -2.28. The minimum Gasteiger partial charge on any atom is -0.483 e. The molecule has 0 spiro atoms. The zero-order valence-corrected chi connectivity index (χ0v) is 10.3. The molecule has 3 heterocycles. The van der Waals surface area contributed by atoms with Gasteiger partial charge in [0.2, 0.25) is 0 Å². The fourth-order valence-corrected chi connectivity index (χ4v) is 3.91. The molecule has 2 aliphatic rings. The molecule has 92 valence electrons. The van der Waals surface area contributed by atoms with Crippen molar-refractivity contribution in [2.24, 2.45) is 5.92 Å². The number of carbonyl (C=O) groups is 1. The van der Waals surface area contributed by atoms with Gasteiger partial charge in [0.05, 0.1) is 12.5 Å². The Labute approximate surface area is 104 Å². The van der Waals surface area contributed by atoms with Gasteiger partial charge in [-0.2, -0.15) is 0 Å². The van der Waals surface area contributed by atoms with E-state index in [4.69, 9.17) is 4.74 Å². The van der Waals surface area contributed by atoms with Crippen molar-refractivity contribution in [2.75, 3.05) is 19.7 Å². The molecule has 2 atom stereocenters. The Hall–Kier alpha value is -1.07. The molecule has 3 rings (SSSR count). The molecule has 0 aromatic carbocycles. The Bertz CT molecular complexity index is 421. The molecule has 5 heteroatoms. The zero-order chi connectivity index (χ0) is 11.8. The summed E-state index contributed by atoms with van der Waals surface area (Å²) in [4.78, 5) is 12.4. The maximum Gasteiger partial charge on any atom is 0.308 e. The minimum atomic E-state index is -0.698. The number of aliphatic carboxylic acids is 1. The topological polar surface area (TPSA) is 58.6 Å². The smallest absolute Gasteiger partial charge is 0.308 e. The lowest BCUT2D eigenvalue weighted by Crippen LogP contribution is -2.39. The summed E-state index contributed by atoms with van der Waals surface area (Å²) in [6.07, 6.45) is 1.87. The number of piperidine rings is 1. The van der Waals surface area contributed by atoms with Crippen molar-refractivity contribution >= 4 is 17.3 Å². The van der Waals surface area contributed by atoms with E-state index in [-0.39, 0.29) is 11.8 Å². The molecule has 2 aliphatic heterocycles. The third-order valence-electron chi connectivity index (χ3n) is 3.56. The van der Waals surface area contributed by atoms with E-state index in [1.165, 1.54) is 10.4 Å². The Morgan fingerprint density at radius 2 is 2.47 bits per heavy atom. The van der Waals surface area contributed by atoms with Crippen LogP contribution in [0, 0.1) is 5.92 Å². The van der Waals surface area contributed by atoms with Gasteiger partial charge in [0.15, 0.2) is 5.06 Å². The number of carboxylic acid groups (broad SMARTS) is 1. The van der Waals surface area contributed by atoms with Gasteiger partial charge in [0.25, 0.3) is 0 Å². The summed E-state index contributed by atoms with van der Waals surface area (Å²) in [5, 5.41) is 13.4. The number of nitrogens with one attached hydrogen (secondary N) is 1. The zero-order valence-electron chi connectivity index (χ0n) is 9.44. The lowest BCUT2D eigenvalue weighted by molar-refractivity contribution is -0.142. The van der Waals surface area contributed by atoms with Crippen LogP contribution in [0.2, 0.25) is 0 Å². The Balaban J connectivity index is 1.87. The number of hydrogen-bond acceptors (Lipinski definition) is 4. The van der Waals surface area contributed by atoms with E-state index >= 15 is 0 Å². The fraction of sp³-hybridized carbons (Fsp3) is 0.583. The predicted octanol–water partition coefficient (Wildman–Crippen LogP) is 1.46. The molecule has 0 bridgehead atoms. The summed E-state index contributed by atoms with van der Waals surface area (Å²) in [6.45, 7) is 2.25. The molecule has 1 saturated heterocycles. The van der Waals surface area contributed by atoms with Gasteiger partial charge < -0.3 is 15.2 Å². The molecule has 0 amide bonds. The van der Waals surface area contributed by atoms with Crippen LogP contribution in [0.3, 0.4) is 0 Å². The maximum absolute atomic E-state index is 11.2. The monoisotopic (exact) mass is 253 g/mol. The van der Waals surface area contributed by atoms with E-state index in [0.717, 1.165) is 31.1 Å². The van der Waals surface area contributed by atoms with Crippen molar-refractivity contribution < 1.29 is 14.6 Å². The van der Waals surface area contributed by atoms with Crippen molar-refractivity contribution in [3.8, 4) is 5.06 Å². The van der Waals surface area contributed by atoms with E-state index in [1.54, 1.807) is 11.3 Å². The number of carboxylic acids is 1. The number of thiophene rings is 1. The van der Waals surface area contributed by atoms with Gasteiger partial charge in [-0.05, 0) is 19.0 Å². The number of hydrogen-bond donors (Lipinski definition) is 2. The van der Waals surface area contributed by atoms with E-state index in [1.807, 2.05) is 0 Å². The fourth-order valence-electron chi connectivity index (χ4n) is 2.62. The molecule has 1 fully saturated rings. The summed E-state index contributed by atoms with van der Waals surface area (Å²) in [6, 6.07) is 2.15. The summed E-state index contributed by atoms with van der Waals surface area (Å²) < 4.78 is 5.52. The summed E-state index contributed by atoms with van der Waals surface area (Å²) >= 11 is 1.64. The van der Waals surface area contributed by atoms with Crippen molar-refractivity contribution in [2.45, 2.75) is 18.8 Å². The molecule has 1 aromatic heterocycles. The predicted molar refractivity (Wildman–Crippen MR) is 64.9 cm³/mol. The van der Waals surface area contributed by atoms with Gasteiger partial charge in [-0.1, -0.05) is 0 Å². The molecule has 4 nitrogen and oxygen atoms in total. The molecule has 1 aromatic rings. The SMILES string of the molecule is O=C(O)C1CNCCC1c1cc2c(s1)OCC2. The maximum atomic E-state index is 11.2. The van der Waals surface area contributed by atoms with Gasteiger partial charge in [-0.15, -0.1) is 11.3 Å². The second-order valence-corrected chi connectivity index (χ2v) is 5.65. The van der Waals surface area contributed by atoms with Gasteiger partial charge in [-0.3, -0.25) is 4.79 Å². The first-order valence-electron chi connectivity index (χ1n) is 5.94. The first-order chi connectivity index (χ1) is 8.25. The highest BCUT2D eigenvalue weighted by molar-refractivity contribution is 7.14. The summed E-state index contributed by atoms with van der Waals surface area (Å²) in [7, 11) is 0. The van der Waals surface area contributed by atoms with Crippen LogP contribution < -0.4 is 10.1 Å². The van der Waals surface area contributed by atoms with E-state index in [0.29, 0.717) is 6.54 Å². The average Bonchev–Trinajstić information content (AvgIpc) is 2.88. The van der Waals surface area contributed by atoms with Crippen molar-refractivity contribution in [1.82, 2.24) is 5.32 Å². The van der Waals surface area contributed by atoms with E-state index < -0.39 is 5.97 Å². The minimum absolute atomic E-state index is 0.146. The van der Waals surface area contributed by atoms with E-state index in [2.05, 4.69) is 11.4 Å². The number of rotatable bonds is 2. The van der Waals surface area contributed by atoms with Gasteiger partial charge in [-0.25, -0.2) is 0 Å². The third kappa shape index (κ3) is 1.93. The van der Waals surface area contributed by atoms with Crippen molar-refractivity contribution in [3.63, 3.8) is 0 Å². The second kappa shape index (κ2) is 4.31. The number of ether oxygens (including phenoxy) is 1. The quantitative estimate of drug-likeness (QED) is 0.838. The van der Waals surface area contributed by atoms with Gasteiger partial charge >= 0.3 is 5.97 Å². The summed E-state index contributed by atoms with van der Waals surface area (Å²) in [5.41, 5.74) is 1.26. The number of fused-ring (bicyclic) bond motifs is 1. The van der Waals surface area contributed by atoms with Gasteiger partial charge in [0, 0.05) is 29.3 Å². The van der Waals surface area contributed by atoms with Crippen LogP contribution in [0.4, 0.5) is 0 Å². The highest BCUT2D eigenvalue weighted by Crippen LogP contribution is 2.42. The largest absolute Gasteiger partial charge is 0.483 e. The molecule has 2 unspecified atom stereocenters. The lowest BCUT2D eigenvalue weighted by atomic mass is 9.85. The molecule has 0 saturated carbocycles. The highest BCUT2D eigenvalue weighted by atomic mass is 32.1. The molecular weight excluding hydrogens is 238 g/mol. The first-order valence-corrected chi connectivity index (χ1v) is 6.76. The van der Waals surface area contributed by atoms with Crippen LogP contribution in [0.1, 0.15) is 22.8 Å². The standard InChI is InChI=1S/C12H15NO3S/c14-11(15)9-6-13-3-1-8(9)10-5-7-2-4-16-12(7)17-10/h5,8-9,13H,1-4,6H2,(H,14,15). The molecular formula is C12H15NO3S. The first kappa shape index (κ1) is 11.0. The summed E-state index contributed by atoms with van der Waals surface area (Å²) in [5.74, 6) is -0.854. The van der Waals surface area contributed by atoms with Crippen LogP contribution in [-0.2, 0) is 11.2 Å². The van der Waals surface area contributed by atoms with Crippen LogP contribution in [-0.4, -0.2) is 30.8 Å². The van der Waals surface area contributed by atoms with Crippen LogP contribution >= 0.6 is 11.3 Å². The Kier molecular flexibility index (Phi) is 2.80. The highest BCUT2D eigenvalue weighted by Gasteiger charge is 2.34. The normalized spacial score (nSPS) is 27.5. The van der Waals surface area contributed by atoms with Gasteiger partial charge in [0.1, 0.15) is 0 Å². The Morgan fingerprint density at radius 1 is 1.59 bits per heavy atom. The molecule has 2 N–H and O–H groups in total. The molecule has 0 aliphatic carbocycles. The van der Waals surface area contributed by atoms with Crippen LogP contribution in [0.5, 0.6) is 5.06 Å². The average molecular weight is 253 g/mol. The van der Waals surface area contributed by atoms with E-state index in [9.17, 15) is 9.90 Å². The van der Waals surface area contributed by atoms with Crippen LogP contribution in [0.15, 0.2) is 6.07 Å². The van der Waals surface area contributed by atoms with Crippen molar-refractivity contribution in [1.29, 1.82) is 0 Å². The van der Waals surface area contributed by atoms with Crippen molar-refractivity contribution in [3.05, 3.63) is 16.5 Å². The molecule has 17 heavy (non-hydrogen) atoms. The van der Waals surface area contributed by atoms with Crippen LogP contribution in [0.25, 0.3) is 0 Å². The Morgan fingerprint density at radius 3 is 3.24 bits per heavy atom. The molecule has 0 radical (unpaired) electrons.